The van der Waals surface area contributed by atoms with Gasteiger partial charge in [-0.2, -0.15) is 0 Å². The van der Waals surface area contributed by atoms with Crippen molar-refractivity contribution in [3.8, 4) is 11.5 Å². The summed E-state index contributed by atoms with van der Waals surface area (Å²) in [6, 6.07) is 20.1. The molecule has 3 aromatic carbocycles. The van der Waals surface area contributed by atoms with Crippen LogP contribution in [0.4, 0.5) is 0 Å². The van der Waals surface area contributed by atoms with Crippen LogP contribution in [-0.2, 0) is 0 Å². The van der Waals surface area contributed by atoms with Gasteiger partial charge in [-0.05, 0) is 70.5 Å². The summed E-state index contributed by atoms with van der Waals surface area (Å²) in [7, 11) is 0. The molecule has 2 unspecified atom stereocenters. The number of rotatable bonds is 4. The summed E-state index contributed by atoms with van der Waals surface area (Å²) >= 11 is 0. The first kappa shape index (κ1) is 19.8. The molecule has 0 saturated carbocycles. The summed E-state index contributed by atoms with van der Waals surface area (Å²) in [6.45, 7) is 8.18. The Bertz CT molecular complexity index is 984. The fraction of sp³-hybridized carbons (Fsp3) is 0.231. The summed E-state index contributed by atoms with van der Waals surface area (Å²) in [5.74, 6) is 1.23. The van der Waals surface area contributed by atoms with Crippen LogP contribution in [0.5, 0.6) is 11.5 Å². The molecule has 0 aliphatic carbocycles. The van der Waals surface area contributed by atoms with E-state index in [0.29, 0.717) is 11.5 Å². The normalized spacial score (nSPS) is 13.0. The van der Waals surface area contributed by atoms with Crippen molar-refractivity contribution in [2.45, 2.75) is 39.5 Å². The van der Waals surface area contributed by atoms with Crippen molar-refractivity contribution in [1.29, 1.82) is 0 Å². The van der Waals surface area contributed by atoms with Gasteiger partial charge in [0.15, 0.2) is 0 Å². The highest BCUT2D eigenvalue weighted by atomic mass is 16.3. The van der Waals surface area contributed by atoms with E-state index in [-0.39, 0.29) is 11.8 Å². The van der Waals surface area contributed by atoms with E-state index in [1.165, 1.54) is 21.6 Å². The van der Waals surface area contributed by atoms with Crippen LogP contribution < -0.4 is 10.4 Å². The molecule has 2 heteroatoms. The van der Waals surface area contributed by atoms with Crippen LogP contribution in [0, 0.1) is 13.8 Å². The van der Waals surface area contributed by atoms with E-state index in [2.05, 4.69) is 50.3 Å². The maximum Gasteiger partial charge on any atom is 0.118 e. The average molecular weight is 373 g/mol. The van der Waals surface area contributed by atoms with Crippen LogP contribution in [0.1, 0.15) is 47.9 Å². The quantitative estimate of drug-likeness (QED) is 0.685. The van der Waals surface area contributed by atoms with Crippen LogP contribution in [0.3, 0.4) is 0 Å². The second kappa shape index (κ2) is 8.35. The Kier molecular flexibility index (Phi) is 5.89. The molecule has 0 aromatic heterocycles. The van der Waals surface area contributed by atoms with Gasteiger partial charge in [-0.1, -0.05) is 74.5 Å². The second-order valence-corrected chi connectivity index (χ2v) is 7.67. The number of aryl methyl sites for hydroxylation is 2. The Labute approximate surface area is 167 Å². The highest BCUT2D eigenvalue weighted by Crippen LogP contribution is 2.24. The third-order valence-corrected chi connectivity index (χ3v) is 5.31. The van der Waals surface area contributed by atoms with Gasteiger partial charge in [0.1, 0.15) is 11.5 Å². The lowest BCUT2D eigenvalue weighted by Gasteiger charge is -2.09. The first-order chi connectivity index (χ1) is 13.3. The summed E-state index contributed by atoms with van der Waals surface area (Å²) in [4.78, 5) is 0. The average Bonchev–Trinajstić information content (AvgIpc) is 2.67. The predicted molar refractivity (Wildman–Crippen MR) is 117 cm³/mol. The zero-order valence-corrected chi connectivity index (χ0v) is 17.0. The third kappa shape index (κ3) is 4.64. The molecule has 2 N–H and O–H groups in total. The number of benzene rings is 3. The van der Waals surface area contributed by atoms with Gasteiger partial charge in [0.05, 0.1) is 0 Å². The lowest BCUT2D eigenvalue weighted by atomic mass is 9.96. The summed E-state index contributed by atoms with van der Waals surface area (Å²) in [5.41, 5.74) is 4.20. The summed E-state index contributed by atoms with van der Waals surface area (Å²) in [5, 5.41) is 21.8. The highest BCUT2D eigenvalue weighted by Gasteiger charge is 2.05. The van der Waals surface area contributed by atoms with E-state index in [4.69, 9.17) is 0 Å². The van der Waals surface area contributed by atoms with Crippen LogP contribution in [-0.4, -0.2) is 10.2 Å². The Hall–Kier alpha value is -3.00. The lowest BCUT2D eigenvalue weighted by molar-refractivity contribution is 0.470. The standard InChI is InChI=1S/C26H28O2/c1-17(23-9-11-25(27)19(3)15-23)13-21-5-7-22(8-6-21)14-18(2)24-10-12-26(28)20(4)16-24/h5-18,27-28H,1-4H3. The minimum absolute atomic E-state index is 0.271. The van der Waals surface area contributed by atoms with Crippen molar-refractivity contribution >= 4 is 12.2 Å². The molecule has 0 fully saturated rings. The van der Waals surface area contributed by atoms with Gasteiger partial charge in [-0.25, -0.2) is 0 Å². The van der Waals surface area contributed by atoms with Gasteiger partial charge in [0.2, 0.25) is 0 Å². The van der Waals surface area contributed by atoms with Crippen molar-refractivity contribution in [3.05, 3.63) is 93.4 Å². The molecule has 3 rings (SSSR count). The molecule has 0 saturated heterocycles. The predicted octanol–water partition coefficient (Wildman–Crippen LogP) is 4.88. The summed E-state index contributed by atoms with van der Waals surface area (Å²) in [6.07, 6.45) is 4.48. The maximum atomic E-state index is 9.70. The van der Waals surface area contributed by atoms with E-state index in [0.717, 1.165) is 11.1 Å². The topological polar surface area (TPSA) is 40.5 Å². The minimum Gasteiger partial charge on any atom is -0.508 e. The van der Waals surface area contributed by atoms with Gasteiger partial charge in [0.25, 0.3) is 0 Å². The van der Waals surface area contributed by atoms with Crippen LogP contribution >= 0.6 is 0 Å². The Morgan fingerprint density at radius 3 is 1.29 bits per heavy atom. The van der Waals surface area contributed by atoms with Crippen LogP contribution in [0.2, 0.25) is 0 Å². The molecular formula is C26H28O2. The Balaban J connectivity index is 1.81. The van der Waals surface area contributed by atoms with Gasteiger partial charge in [-0.3, -0.25) is 0 Å². The maximum absolute atomic E-state index is 9.70. The largest absolute Gasteiger partial charge is 0.508 e. The zero-order chi connectivity index (χ0) is 20.3. The van der Waals surface area contributed by atoms with Crippen LogP contribution in [0.25, 0.3) is 12.2 Å². The first-order valence-electron chi connectivity index (χ1n) is 9.72. The second-order valence-electron chi connectivity index (χ2n) is 7.67. The number of aromatic hydroxyl groups is 2. The number of hydrogen-bond donors (Lipinski definition) is 2. The summed E-state index contributed by atoms with van der Waals surface area (Å²) < 4.78 is 0. The Morgan fingerprint density at radius 2 is 0.964 bits per heavy atom. The molecule has 3 aromatic rings. The molecule has 0 aliphatic heterocycles. The van der Waals surface area contributed by atoms with Gasteiger partial charge >= 0.3 is 0 Å². The third-order valence-electron chi connectivity index (χ3n) is 5.31. The molecular weight excluding hydrogens is 344 g/mol. The van der Waals surface area contributed by atoms with E-state index in [1.807, 2.05) is 38.1 Å². The molecule has 144 valence electrons. The van der Waals surface area contributed by atoms with Gasteiger partial charge in [-0.15, -0.1) is 0 Å². The molecule has 2 nitrogen and oxygen atoms in total. The van der Waals surface area contributed by atoms with Crippen molar-refractivity contribution in [3.63, 3.8) is 0 Å². The molecule has 0 aliphatic rings. The van der Waals surface area contributed by atoms with E-state index >= 15 is 0 Å². The van der Waals surface area contributed by atoms with Crippen LogP contribution in [0.15, 0.2) is 60.7 Å². The monoisotopic (exact) mass is 372 g/mol. The zero-order valence-electron chi connectivity index (χ0n) is 17.0. The number of phenols is 2. The fourth-order valence-corrected chi connectivity index (χ4v) is 3.41. The Morgan fingerprint density at radius 1 is 0.607 bits per heavy atom. The SMILES string of the molecule is Cc1cc(C(C)C=c2ccc(=CC(C)c3ccc(O)c(C)c3)cc2)ccc1O. The van der Waals surface area contributed by atoms with Crippen molar-refractivity contribution in [2.24, 2.45) is 0 Å². The van der Waals surface area contributed by atoms with Crippen molar-refractivity contribution in [1.82, 2.24) is 0 Å². The number of phenolic OH excluding ortho intramolecular Hbond substituents is 2. The van der Waals surface area contributed by atoms with E-state index in [1.54, 1.807) is 12.1 Å². The van der Waals surface area contributed by atoms with Gasteiger partial charge < -0.3 is 10.2 Å². The molecule has 0 heterocycles. The number of hydrogen-bond acceptors (Lipinski definition) is 2. The molecule has 2 atom stereocenters. The molecule has 28 heavy (non-hydrogen) atoms. The fourth-order valence-electron chi connectivity index (χ4n) is 3.41. The smallest absolute Gasteiger partial charge is 0.118 e. The molecule has 0 radical (unpaired) electrons. The van der Waals surface area contributed by atoms with Crippen molar-refractivity contribution < 1.29 is 10.2 Å². The minimum atomic E-state index is 0.271. The first-order valence-corrected chi connectivity index (χ1v) is 9.72. The van der Waals surface area contributed by atoms with E-state index in [9.17, 15) is 10.2 Å². The molecule has 0 bridgehead atoms. The molecule has 0 spiro atoms. The van der Waals surface area contributed by atoms with Crippen molar-refractivity contribution in [2.75, 3.05) is 0 Å². The van der Waals surface area contributed by atoms with E-state index < -0.39 is 0 Å². The van der Waals surface area contributed by atoms with Gasteiger partial charge in [0, 0.05) is 0 Å². The molecule has 0 amide bonds. The lowest BCUT2D eigenvalue weighted by Crippen LogP contribution is -2.09. The highest BCUT2D eigenvalue weighted by molar-refractivity contribution is 5.45.